The van der Waals surface area contributed by atoms with Crippen molar-refractivity contribution in [2.24, 2.45) is 11.8 Å². The van der Waals surface area contributed by atoms with E-state index in [1.807, 2.05) is 26.0 Å². The monoisotopic (exact) mass is 676 g/mol. The second-order valence-corrected chi connectivity index (χ2v) is 25.2. The number of carbonyl (C=O) groups is 2. The predicted octanol–water partition coefficient (Wildman–Crippen LogP) is 9.48. The first-order valence-corrected chi connectivity index (χ1v) is 22.7. The number of hydrogen-bond acceptors (Lipinski definition) is 7. The van der Waals surface area contributed by atoms with Crippen LogP contribution in [0, 0.1) is 11.8 Å². The van der Waals surface area contributed by atoms with Crippen molar-refractivity contribution in [1.82, 2.24) is 0 Å². The highest BCUT2D eigenvalue weighted by Gasteiger charge is 2.41. The molecule has 0 aliphatic rings. The fraction of sp³-hybridized carbons (Fsp3) is 0.676. The molecule has 0 aliphatic carbocycles. The lowest BCUT2D eigenvalue weighted by Crippen LogP contribution is -2.44. The van der Waals surface area contributed by atoms with Crippen molar-refractivity contribution in [3.63, 3.8) is 0 Å². The third-order valence-electron chi connectivity index (χ3n) is 9.93. The summed E-state index contributed by atoms with van der Waals surface area (Å²) in [7, 11) is -3.20. The van der Waals surface area contributed by atoms with Crippen molar-refractivity contribution in [2.75, 3.05) is 13.7 Å². The van der Waals surface area contributed by atoms with Gasteiger partial charge in [0.25, 0.3) is 8.32 Å². The number of methoxy groups -OCH3 is 1. The molecule has 7 nitrogen and oxygen atoms in total. The Morgan fingerprint density at radius 2 is 1.59 bits per heavy atom. The van der Waals surface area contributed by atoms with E-state index in [0.717, 1.165) is 19.3 Å². The molecule has 0 fully saturated rings. The summed E-state index contributed by atoms with van der Waals surface area (Å²) < 4.78 is 18.1. The molecular weight excluding hydrogens is 613 g/mol. The Bertz CT molecular complexity index is 1220. The Labute approximate surface area is 282 Å². The maximum absolute atomic E-state index is 13.6. The van der Waals surface area contributed by atoms with Gasteiger partial charge in [-0.25, -0.2) is 4.79 Å². The number of esters is 1. The summed E-state index contributed by atoms with van der Waals surface area (Å²) in [6.45, 7) is 27.8. The molecule has 1 aromatic rings. The van der Waals surface area contributed by atoms with E-state index in [1.165, 1.54) is 13.2 Å². The molecule has 2 N–H and O–H groups in total. The summed E-state index contributed by atoms with van der Waals surface area (Å²) in [6, 6.07) is 1.73. The zero-order chi connectivity index (χ0) is 35.7. The van der Waals surface area contributed by atoms with Gasteiger partial charge < -0.3 is 23.8 Å². The first-order chi connectivity index (χ1) is 21.0. The van der Waals surface area contributed by atoms with E-state index in [4.69, 9.17) is 13.6 Å². The number of rotatable bonds is 17. The standard InChI is InChI=1S/C37H64O7Si2/c1-15-17-18-20-29(38)23-28-24-32(44-46(13,14)37(7,8)9)33(35(41)42-10)34(40)30(28)21-22-31(39)26(3)27(19-16-2)25-43-45(11,12)36(4,5)6/h16,19,21-22,24,26-27,29,38,40H,15,17-18,20,23,25H2,1-14H3/b19-16+,22-21+/t26-,27+,29+/m1/s1. The first kappa shape index (κ1) is 41.8. The summed E-state index contributed by atoms with van der Waals surface area (Å²) in [4.78, 5) is 26.7. The second-order valence-electron chi connectivity index (χ2n) is 15.7. The van der Waals surface area contributed by atoms with Crippen LogP contribution in [0.4, 0.5) is 0 Å². The number of aliphatic hydroxyl groups is 1. The minimum absolute atomic E-state index is 0.0491. The zero-order valence-corrected chi connectivity index (χ0v) is 33.3. The van der Waals surface area contributed by atoms with Crippen LogP contribution in [0.1, 0.15) is 109 Å². The summed E-state index contributed by atoms with van der Waals surface area (Å²) in [5.41, 5.74) is 0.829. The van der Waals surface area contributed by atoms with Gasteiger partial charge in [-0.05, 0) is 79.8 Å². The Kier molecular flexibility index (Phi) is 15.7. The average Bonchev–Trinajstić information content (AvgIpc) is 2.92. The molecule has 0 unspecified atom stereocenters. The van der Waals surface area contributed by atoms with Gasteiger partial charge in [0.2, 0.25) is 0 Å². The third-order valence-corrected chi connectivity index (χ3v) is 18.8. The van der Waals surface area contributed by atoms with Crippen molar-refractivity contribution in [2.45, 2.75) is 137 Å². The summed E-state index contributed by atoms with van der Waals surface area (Å²) in [5, 5.41) is 22.5. The maximum atomic E-state index is 13.6. The highest BCUT2D eigenvalue weighted by Crippen LogP contribution is 2.43. The Hall–Kier alpha value is -2.21. The minimum Gasteiger partial charge on any atom is -0.543 e. The molecule has 1 rings (SSSR count). The summed E-state index contributed by atoms with van der Waals surface area (Å²) in [5.74, 6) is -1.45. The van der Waals surface area contributed by atoms with E-state index in [1.54, 1.807) is 12.1 Å². The Morgan fingerprint density at radius 3 is 2.09 bits per heavy atom. The van der Waals surface area contributed by atoms with Gasteiger partial charge in [0, 0.05) is 24.0 Å². The van der Waals surface area contributed by atoms with Crippen LogP contribution >= 0.6 is 0 Å². The van der Waals surface area contributed by atoms with Crippen molar-refractivity contribution >= 4 is 34.5 Å². The fourth-order valence-electron chi connectivity index (χ4n) is 4.52. The van der Waals surface area contributed by atoms with Crippen LogP contribution in [0.5, 0.6) is 11.5 Å². The number of aliphatic hydroxyl groups excluding tert-OH is 1. The number of phenols is 1. The molecule has 0 aromatic heterocycles. The molecule has 9 heteroatoms. The molecule has 0 amide bonds. The number of hydrogen-bond donors (Lipinski definition) is 2. The van der Waals surface area contributed by atoms with Crippen molar-refractivity contribution in [3.05, 3.63) is 41.0 Å². The number of carbonyl (C=O) groups excluding carboxylic acids is 2. The molecule has 262 valence electrons. The topological polar surface area (TPSA) is 102 Å². The number of ketones is 1. The van der Waals surface area contributed by atoms with Crippen molar-refractivity contribution in [1.29, 1.82) is 0 Å². The lowest BCUT2D eigenvalue weighted by molar-refractivity contribution is -0.119. The van der Waals surface area contributed by atoms with Crippen molar-refractivity contribution < 1.29 is 33.4 Å². The second kappa shape index (κ2) is 17.3. The molecule has 46 heavy (non-hydrogen) atoms. The van der Waals surface area contributed by atoms with E-state index >= 15 is 0 Å². The van der Waals surface area contributed by atoms with E-state index in [9.17, 15) is 19.8 Å². The largest absolute Gasteiger partial charge is 0.543 e. The SMILES string of the molecule is C/C=C/[C@@H](CO[Si](C)(C)C(C)(C)C)[C@@H](C)C(=O)/C=C/c1c(C[C@@H](O)CCCCC)cc(O[Si](C)(C)C(C)(C)C)c(C(=O)OC)c1O. The van der Waals surface area contributed by atoms with Crippen LogP contribution in [0.15, 0.2) is 24.3 Å². The number of aromatic hydroxyl groups is 1. The molecule has 0 saturated heterocycles. The number of benzene rings is 1. The predicted molar refractivity (Wildman–Crippen MR) is 196 cm³/mol. The van der Waals surface area contributed by atoms with Crippen LogP contribution in [0.2, 0.25) is 36.3 Å². The number of unbranched alkanes of at least 4 members (excludes halogenated alkanes) is 2. The quantitative estimate of drug-likeness (QED) is 0.0557. The molecule has 0 aliphatic heterocycles. The van der Waals surface area contributed by atoms with Crippen LogP contribution in [-0.2, 0) is 20.4 Å². The van der Waals surface area contributed by atoms with E-state index in [0.29, 0.717) is 24.2 Å². The molecule has 0 spiro atoms. The van der Waals surface area contributed by atoms with Gasteiger partial charge in [0.05, 0.1) is 13.2 Å². The molecule has 3 atom stereocenters. The third kappa shape index (κ3) is 11.5. The first-order valence-electron chi connectivity index (χ1n) is 16.9. The lowest BCUT2D eigenvalue weighted by atomic mass is 9.89. The highest BCUT2D eigenvalue weighted by molar-refractivity contribution is 6.75. The number of allylic oxidation sites excluding steroid dienone is 2. The van der Waals surface area contributed by atoms with Gasteiger partial charge >= 0.3 is 5.97 Å². The lowest BCUT2D eigenvalue weighted by Gasteiger charge is -2.37. The van der Waals surface area contributed by atoms with Crippen LogP contribution < -0.4 is 4.43 Å². The molecule has 0 radical (unpaired) electrons. The Morgan fingerprint density at radius 1 is 1.00 bits per heavy atom. The van der Waals surface area contributed by atoms with E-state index in [-0.39, 0.29) is 51.2 Å². The van der Waals surface area contributed by atoms with Crippen LogP contribution in [0.3, 0.4) is 0 Å². The van der Waals surface area contributed by atoms with Crippen LogP contribution in [0.25, 0.3) is 6.08 Å². The number of phenolic OH excluding ortho intramolecular Hbond substituents is 1. The zero-order valence-electron chi connectivity index (χ0n) is 31.3. The molecule has 0 bridgehead atoms. The van der Waals surface area contributed by atoms with Crippen molar-refractivity contribution in [3.8, 4) is 11.5 Å². The van der Waals surface area contributed by atoms with E-state index < -0.39 is 28.7 Å². The fourth-order valence-corrected chi connectivity index (χ4v) is 6.58. The molecule has 1 aromatic carbocycles. The molecular formula is C37H64O7Si2. The van der Waals surface area contributed by atoms with Gasteiger partial charge in [-0.2, -0.15) is 0 Å². The van der Waals surface area contributed by atoms with Gasteiger partial charge in [0.1, 0.15) is 17.1 Å². The van der Waals surface area contributed by atoms with Gasteiger partial charge in [-0.15, -0.1) is 0 Å². The maximum Gasteiger partial charge on any atom is 0.345 e. The summed E-state index contributed by atoms with van der Waals surface area (Å²) in [6.07, 6.45) is 10.1. The molecule has 0 saturated carbocycles. The van der Waals surface area contributed by atoms with Gasteiger partial charge in [0.15, 0.2) is 14.1 Å². The van der Waals surface area contributed by atoms with Gasteiger partial charge in [-0.3, -0.25) is 4.79 Å². The highest BCUT2D eigenvalue weighted by atomic mass is 28.4. The summed E-state index contributed by atoms with van der Waals surface area (Å²) >= 11 is 0. The minimum atomic E-state index is -2.44. The average molecular weight is 677 g/mol. The van der Waals surface area contributed by atoms with E-state index in [2.05, 4.69) is 74.7 Å². The number of ether oxygens (including phenoxy) is 1. The molecule has 0 heterocycles. The normalized spacial score (nSPS) is 15.3. The Balaban J connectivity index is 3.67. The van der Waals surface area contributed by atoms with Crippen LogP contribution in [-0.4, -0.2) is 58.4 Å². The smallest absolute Gasteiger partial charge is 0.345 e. The van der Waals surface area contributed by atoms with Gasteiger partial charge in [-0.1, -0.05) is 86.8 Å².